The Morgan fingerprint density at radius 3 is 3.00 bits per heavy atom. The Morgan fingerprint density at radius 1 is 1.50 bits per heavy atom. The van der Waals surface area contributed by atoms with Gasteiger partial charge in [-0.25, -0.2) is 0 Å². The average molecular weight is 195 g/mol. The van der Waals surface area contributed by atoms with Crippen LogP contribution >= 0.6 is 0 Å². The van der Waals surface area contributed by atoms with Gasteiger partial charge in [-0.05, 0) is 0 Å². The number of carbonyl (C=O) groups excluding carboxylic acids is 2. The van der Waals surface area contributed by atoms with E-state index in [4.69, 9.17) is 4.74 Å². The monoisotopic (exact) mass is 195 g/mol. The van der Waals surface area contributed by atoms with Gasteiger partial charge in [-0.1, -0.05) is 12.2 Å². The summed E-state index contributed by atoms with van der Waals surface area (Å²) in [7, 11) is 0. The van der Waals surface area contributed by atoms with E-state index in [-0.39, 0.29) is 24.5 Å². The van der Waals surface area contributed by atoms with Gasteiger partial charge in [0.05, 0.1) is 24.5 Å². The summed E-state index contributed by atoms with van der Waals surface area (Å²) in [5, 5.41) is 11.5. The van der Waals surface area contributed by atoms with Gasteiger partial charge in [-0.2, -0.15) is 0 Å². The topological polar surface area (TPSA) is 75.6 Å². The summed E-state index contributed by atoms with van der Waals surface area (Å²) < 4.78 is 5.47. The molecule has 0 spiro atoms. The van der Waals surface area contributed by atoms with Crippen LogP contribution < -0.4 is 5.32 Å². The van der Waals surface area contributed by atoms with E-state index >= 15 is 0 Å². The summed E-state index contributed by atoms with van der Waals surface area (Å²) >= 11 is 0. The fraction of sp³-hybridized carbons (Fsp3) is 0.556. The van der Waals surface area contributed by atoms with E-state index in [2.05, 4.69) is 5.32 Å². The quantitative estimate of drug-likeness (QED) is 0.397. The molecule has 2 amide bonds. The van der Waals surface area contributed by atoms with E-state index in [9.17, 15) is 14.7 Å². The molecule has 14 heavy (non-hydrogen) atoms. The standard InChI is InChI=1S/C9H9NO4/c11-3-9-2-1-4(14-9)5-6(9)8(13)10-7(5)12/h1-2,4-6,11H,3H2,(H,10,12,13). The first-order chi connectivity index (χ1) is 6.68. The van der Waals surface area contributed by atoms with Gasteiger partial charge in [0.2, 0.25) is 11.8 Å². The second-order valence-electron chi connectivity index (χ2n) is 3.91. The molecule has 3 heterocycles. The number of aliphatic hydroxyl groups is 1. The molecule has 4 unspecified atom stereocenters. The van der Waals surface area contributed by atoms with Gasteiger partial charge in [-0.3, -0.25) is 14.9 Å². The third-order valence-electron chi connectivity index (χ3n) is 3.24. The molecule has 2 N–H and O–H groups in total. The highest BCUT2D eigenvalue weighted by Crippen LogP contribution is 2.49. The number of rotatable bonds is 1. The molecule has 2 saturated heterocycles. The Labute approximate surface area is 79.7 Å². The van der Waals surface area contributed by atoms with Crippen LogP contribution in [0.2, 0.25) is 0 Å². The number of carbonyl (C=O) groups is 2. The highest BCUT2D eigenvalue weighted by molar-refractivity contribution is 6.07. The van der Waals surface area contributed by atoms with Crippen LogP contribution in [-0.4, -0.2) is 35.2 Å². The molecule has 0 aromatic carbocycles. The Kier molecular flexibility index (Phi) is 1.30. The molecule has 2 bridgehead atoms. The normalized spacial score (nSPS) is 48.5. The van der Waals surface area contributed by atoms with Gasteiger partial charge in [0, 0.05) is 0 Å². The van der Waals surface area contributed by atoms with Crippen molar-refractivity contribution < 1.29 is 19.4 Å². The summed E-state index contributed by atoms with van der Waals surface area (Å²) in [6.07, 6.45) is 3.09. The Balaban J connectivity index is 2.10. The fourth-order valence-electron chi connectivity index (χ4n) is 2.61. The van der Waals surface area contributed by atoms with Crippen molar-refractivity contribution in [3.63, 3.8) is 0 Å². The Bertz CT molecular complexity index is 364. The minimum atomic E-state index is -0.953. The molecular weight excluding hydrogens is 186 g/mol. The van der Waals surface area contributed by atoms with Crippen molar-refractivity contribution in [1.29, 1.82) is 0 Å². The number of hydrogen-bond acceptors (Lipinski definition) is 4. The molecule has 5 nitrogen and oxygen atoms in total. The van der Waals surface area contributed by atoms with Crippen molar-refractivity contribution in [2.75, 3.05) is 6.61 Å². The predicted molar refractivity (Wildman–Crippen MR) is 44.0 cm³/mol. The maximum absolute atomic E-state index is 11.5. The van der Waals surface area contributed by atoms with Crippen LogP contribution in [0.15, 0.2) is 12.2 Å². The largest absolute Gasteiger partial charge is 0.393 e. The molecule has 0 aromatic heterocycles. The number of hydrogen-bond donors (Lipinski definition) is 2. The Hall–Kier alpha value is -1.20. The molecule has 74 valence electrons. The van der Waals surface area contributed by atoms with Crippen molar-refractivity contribution in [2.45, 2.75) is 11.7 Å². The molecule has 2 fully saturated rings. The van der Waals surface area contributed by atoms with E-state index in [1.807, 2.05) is 0 Å². The van der Waals surface area contributed by atoms with Crippen LogP contribution in [-0.2, 0) is 14.3 Å². The summed E-state index contributed by atoms with van der Waals surface area (Å²) in [5.74, 6) is -1.61. The van der Waals surface area contributed by atoms with E-state index < -0.39 is 17.4 Å². The van der Waals surface area contributed by atoms with Crippen molar-refractivity contribution in [3.8, 4) is 0 Å². The minimum Gasteiger partial charge on any atom is -0.393 e. The Morgan fingerprint density at radius 2 is 2.29 bits per heavy atom. The van der Waals surface area contributed by atoms with Gasteiger partial charge in [0.1, 0.15) is 5.60 Å². The van der Waals surface area contributed by atoms with Crippen molar-refractivity contribution >= 4 is 11.8 Å². The smallest absolute Gasteiger partial charge is 0.233 e. The van der Waals surface area contributed by atoms with Crippen molar-refractivity contribution in [3.05, 3.63) is 12.2 Å². The maximum Gasteiger partial charge on any atom is 0.233 e. The summed E-state index contributed by atoms with van der Waals surface area (Å²) in [4.78, 5) is 22.8. The van der Waals surface area contributed by atoms with Crippen molar-refractivity contribution in [1.82, 2.24) is 5.32 Å². The van der Waals surface area contributed by atoms with Crippen LogP contribution in [0.4, 0.5) is 0 Å². The molecule has 3 aliphatic rings. The number of fused-ring (bicyclic) bond motifs is 5. The van der Waals surface area contributed by atoms with Gasteiger partial charge in [-0.15, -0.1) is 0 Å². The molecule has 4 atom stereocenters. The lowest BCUT2D eigenvalue weighted by molar-refractivity contribution is -0.131. The average Bonchev–Trinajstić information content (AvgIpc) is 2.78. The van der Waals surface area contributed by atoms with Crippen LogP contribution in [0, 0.1) is 11.8 Å². The number of imide groups is 1. The number of nitrogens with one attached hydrogen (secondary N) is 1. The SMILES string of the molecule is O=C1NC(=O)C2C1C1C=CC2(CO)O1. The van der Waals surface area contributed by atoms with E-state index in [1.165, 1.54) is 0 Å². The third-order valence-corrected chi connectivity index (χ3v) is 3.24. The molecule has 0 aromatic rings. The molecule has 3 rings (SSSR count). The molecule has 0 radical (unpaired) electrons. The lowest BCUT2D eigenvalue weighted by Gasteiger charge is -2.24. The number of ether oxygens (including phenoxy) is 1. The molecule has 0 saturated carbocycles. The lowest BCUT2D eigenvalue weighted by atomic mass is 9.77. The summed E-state index contributed by atoms with van der Waals surface area (Å²) in [6.45, 7) is -0.262. The van der Waals surface area contributed by atoms with Gasteiger partial charge < -0.3 is 9.84 Å². The minimum absolute atomic E-state index is 0.262. The van der Waals surface area contributed by atoms with Gasteiger partial charge >= 0.3 is 0 Å². The predicted octanol–water partition coefficient (Wildman–Crippen LogP) is -1.43. The maximum atomic E-state index is 11.5. The third kappa shape index (κ3) is 0.689. The lowest BCUT2D eigenvalue weighted by Crippen LogP contribution is -2.42. The van der Waals surface area contributed by atoms with Crippen LogP contribution in [0.1, 0.15) is 0 Å². The zero-order valence-corrected chi connectivity index (χ0v) is 7.27. The number of amides is 2. The highest BCUT2D eigenvalue weighted by atomic mass is 16.5. The first-order valence-electron chi connectivity index (χ1n) is 4.51. The zero-order chi connectivity index (χ0) is 9.92. The first kappa shape index (κ1) is 8.14. The van der Waals surface area contributed by atoms with Crippen molar-refractivity contribution in [2.24, 2.45) is 11.8 Å². The van der Waals surface area contributed by atoms with E-state index in [0.717, 1.165) is 0 Å². The zero-order valence-electron chi connectivity index (χ0n) is 7.27. The van der Waals surface area contributed by atoms with Crippen LogP contribution in [0.25, 0.3) is 0 Å². The van der Waals surface area contributed by atoms with Crippen LogP contribution in [0.3, 0.4) is 0 Å². The molecule has 5 heteroatoms. The van der Waals surface area contributed by atoms with Crippen LogP contribution in [0.5, 0.6) is 0 Å². The van der Waals surface area contributed by atoms with Gasteiger partial charge in [0.25, 0.3) is 0 Å². The van der Waals surface area contributed by atoms with Gasteiger partial charge in [0.15, 0.2) is 0 Å². The fourth-order valence-corrected chi connectivity index (χ4v) is 2.61. The number of aliphatic hydroxyl groups excluding tert-OH is 1. The first-order valence-corrected chi connectivity index (χ1v) is 4.51. The van der Waals surface area contributed by atoms with E-state index in [0.29, 0.717) is 0 Å². The molecular formula is C9H9NO4. The highest BCUT2D eigenvalue weighted by Gasteiger charge is 2.65. The second kappa shape index (κ2) is 2.24. The molecule has 0 aliphatic carbocycles. The summed E-state index contributed by atoms with van der Waals surface area (Å²) in [6, 6.07) is 0. The van der Waals surface area contributed by atoms with E-state index in [1.54, 1.807) is 12.2 Å². The summed E-state index contributed by atoms with van der Waals surface area (Å²) in [5.41, 5.74) is -0.953. The second-order valence-corrected chi connectivity index (χ2v) is 3.91. The molecule has 3 aliphatic heterocycles.